The highest BCUT2D eigenvalue weighted by Gasteiger charge is 2.26. The van der Waals surface area contributed by atoms with Crippen LogP contribution in [0.25, 0.3) is 33.5 Å². The zero-order valence-electron chi connectivity index (χ0n) is 14.8. The summed E-state index contributed by atoms with van der Waals surface area (Å²) in [6.45, 7) is 0. The smallest absolute Gasteiger partial charge is 0.204 e. The summed E-state index contributed by atoms with van der Waals surface area (Å²) in [4.78, 5) is 0. The van der Waals surface area contributed by atoms with Crippen molar-refractivity contribution in [3.63, 3.8) is 0 Å². The molecule has 6 nitrogen and oxygen atoms in total. The van der Waals surface area contributed by atoms with E-state index in [0.29, 0.717) is 11.7 Å². The van der Waals surface area contributed by atoms with Gasteiger partial charge in [-0.3, -0.25) is 0 Å². The standard InChI is InChI=1S/C20H21N5O/c1-25-17-11-14(20-21-23-24-22-20)7-8-16(17)18(13-5-3-2-4-6-13)19(25)15-9-10-26-12-15/h7-13H,2-6H2,1H3,(H,21,22,23,24). The van der Waals surface area contributed by atoms with Crippen LogP contribution in [0.3, 0.4) is 0 Å². The molecule has 1 aromatic carbocycles. The number of aromatic amines is 1. The molecule has 0 atom stereocenters. The maximum Gasteiger partial charge on any atom is 0.204 e. The van der Waals surface area contributed by atoms with Crippen molar-refractivity contribution in [2.24, 2.45) is 7.05 Å². The molecule has 0 saturated heterocycles. The van der Waals surface area contributed by atoms with E-state index in [2.05, 4.69) is 56.5 Å². The number of benzene rings is 1. The fourth-order valence-corrected chi connectivity index (χ4v) is 4.44. The Bertz CT molecular complexity index is 1020. The van der Waals surface area contributed by atoms with E-state index in [0.717, 1.165) is 11.1 Å². The minimum atomic E-state index is 0.605. The molecular formula is C20H21N5O. The number of hydrogen-bond donors (Lipinski definition) is 1. The summed E-state index contributed by atoms with van der Waals surface area (Å²) in [5.41, 5.74) is 6.05. The third-order valence-corrected chi connectivity index (χ3v) is 5.65. The molecule has 3 aromatic heterocycles. The fraction of sp³-hybridized carbons (Fsp3) is 0.350. The zero-order valence-corrected chi connectivity index (χ0v) is 14.8. The van der Waals surface area contributed by atoms with Crippen LogP contribution in [0.1, 0.15) is 43.6 Å². The molecule has 0 radical (unpaired) electrons. The fourth-order valence-electron chi connectivity index (χ4n) is 4.44. The van der Waals surface area contributed by atoms with Gasteiger partial charge in [0, 0.05) is 29.1 Å². The van der Waals surface area contributed by atoms with E-state index in [1.165, 1.54) is 54.3 Å². The predicted octanol–water partition coefficient (Wildman–Crippen LogP) is 4.67. The first kappa shape index (κ1) is 15.4. The number of nitrogens with zero attached hydrogens (tertiary/aromatic N) is 4. The van der Waals surface area contributed by atoms with Gasteiger partial charge in [-0.25, -0.2) is 0 Å². The van der Waals surface area contributed by atoms with E-state index < -0.39 is 0 Å². The molecule has 6 heteroatoms. The molecule has 0 spiro atoms. The van der Waals surface area contributed by atoms with Crippen molar-refractivity contribution < 1.29 is 4.42 Å². The van der Waals surface area contributed by atoms with Gasteiger partial charge in [0.2, 0.25) is 5.82 Å². The maximum atomic E-state index is 5.40. The Balaban J connectivity index is 1.75. The number of rotatable bonds is 3. The third kappa shape index (κ3) is 2.36. The van der Waals surface area contributed by atoms with Gasteiger partial charge in [-0.15, -0.1) is 10.2 Å². The van der Waals surface area contributed by atoms with Crippen LogP contribution in [0.4, 0.5) is 0 Å². The number of nitrogens with one attached hydrogen (secondary N) is 1. The second kappa shape index (κ2) is 6.12. The SMILES string of the molecule is Cn1c(-c2ccoc2)c(C2CCCCC2)c2ccc(-c3nn[nH]n3)cc21. The quantitative estimate of drug-likeness (QED) is 0.585. The Labute approximate surface area is 151 Å². The molecule has 132 valence electrons. The van der Waals surface area contributed by atoms with Gasteiger partial charge in [-0.05, 0) is 41.7 Å². The molecule has 1 aliphatic carbocycles. The van der Waals surface area contributed by atoms with Crippen molar-refractivity contribution in [3.05, 3.63) is 42.4 Å². The molecule has 1 saturated carbocycles. The molecule has 1 fully saturated rings. The zero-order chi connectivity index (χ0) is 17.5. The molecule has 4 aromatic rings. The van der Waals surface area contributed by atoms with Gasteiger partial charge in [0.05, 0.1) is 18.2 Å². The Morgan fingerprint density at radius 1 is 1.12 bits per heavy atom. The molecule has 0 aliphatic heterocycles. The van der Waals surface area contributed by atoms with Crippen molar-refractivity contribution >= 4 is 10.9 Å². The first-order valence-corrected chi connectivity index (χ1v) is 9.21. The first-order chi connectivity index (χ1) is 12.8. The Kier molecular flexibility index (Phi) is 3.62. The van der Waals surface area contributed by atoms with E-state index in [1.807, 2.05) is 6.26 Å². The second-order valence-electron chi connectivity index (χ2n) is 7.14. The summed E-state index contributed by atoms with van der Waals surface area (Å²) in [5, 5.41) is 15.8. The second-order valence-corrected chi connectivity index (χ2v) is 7.14. The van der Waals surface area contributed by atoms with Gasteiger partial charge in [0.15, 0.2) is 0 Å². The van der Waals surface area contributed by atoms with Crippen molar-refractivity contribution in [2.45, 2.75) is 38.0 Å². The highest BCUT2D eigenvalue weighted by Crippen LogP contribution is 2.44. The number of aryl methyl sites for hydroxylation is 1. The molecule has 1 N–H and O–H groups in total. The largest absolute Gasteiger partial charge is 0.472 e. The lowest BCUT2D eigenvalue weighted by Crippen LogP contribution is -2.06. The van der Waals surface area contributed by atoms with Crippen LogP contribution in [0.15, 0.2) is 41.2 Å². The van der Waals surface area contributed by atoms with E-state index in [-0.39, 0.29) is 0 Å². The van der Waals surface area contributed by atoms with Crippen LogP contribution in [0.5, 0.6) is 0 Å². The van der Waals surface area contributed by atoms with Crippen LogP contribution >= 0.6 is 0 Å². The van der Waals surface area contributed by atoms with Crippen LogP contribution < -0.4 is 0 Å². The van der Waals surface area contributed by atoms with Crippen LogP contribution in [0, 0.1) is 0 Å². The summed E-state index contributed by atoms with van der Waals surface area (Å²) < 4.78 is 7.68. The molecule has 0 unspecified atom stereocenters. The molecule has 3 heterocycles. The lowest BCUT2D eigenvalue weighted by atomic mass is 9.82. The lowest BCUT2D eigenvalue weighted by molar-refractivity contribution is 0.446. The summed E-state index contributed by atoms with van der Waals surface area (Å²) in [7, 11) is 2.14. The number of tetrazole rings is 1. The highest BCUT2D eigenvalue weighted by atomic mass is 16.3. The van der Waals surface area contributed by atoms with E-state index in [4.69, 9.17) is 4.42 Å². The topological polar surface area (TPSA) is 72.5 Å². The van der Waals surface area contributed by atoms with Gasteiger partial charge in [-0.2, -0.15) is 5.21 Å². The van der Waals surface area contributed by atoms with E-state index >= 15 is 0 Å². The number of aromatic nitrogens is 5. The Morgan fingerprint density at radius 2 is 2.00 bits per heavy atom. The van der Waals surface area contributed by atoms with Gasteiger partial charge in [-0.1, -0.05) is 31.4 Å². The van der Waals surface area contributed by atoms with Crippen molar-refractivity contribution in [1.82, 2.24) is 25.2 Å². The molecular weight excluding hydrogens is 326 g/mol. The van der Waals surface area contributed by atoms with E-state index in [9.17, 15) is 0 Å². The highest BCUT2D eigenvalue weighted by molar-refractivity contribution is 5.94. The van der Waals surface area contributed by atoms with Gasteiger partial charge < -0.3 is 8.98 Å². The van der Waals surface area contributed by atoms with Gasteiger partial charge >= 0.3 is 0 Å². The minimum absolute atomic E-state index is 0.605. The number of H-pyrrole nitrogens is 1. The monoisotopic (exact) mass is 347 g/mol. The van der Waals surface area contributed by atoms with Gasteiger partial charge in [0.25, 0.3) is 0 Å². The molecule has 26 heavy (non-hydrogen) atoms. The Morgan fingerprint density at radius 3 is 2.73 bits per heavy atom. The van der Waals surface area contributed by atoms with Crippen molar-refractivity contribution in [3.8, 4) is 22.6 Å². The lowest BCUT2D eigenvalue weighted by Gasteiger charge is -2.23. The number of fused-ring (bicyclic) bond motifs is 1. The van der Waals surface area contributed by atoms with Crippen molar-refractivity contribution in [1.29, 1.82) is 0 Å². The third-order valence-electron chi connectivity index (χ3n) is 5.65. The summed E-state index contributed by atoms with van der Waals surface area (Å²) in [6, 6.07) is 8.53. The van der Waals surface area contributed by atoms with Crippen molar-refractivity contribution in [2.75, 3.05) is 0 Å². The molecule has 0 amide bonds. The van der Waals surface area contributed by atoms with E-state index in [1.54, 1.807) is 6.26 Å². The Hall–Kier alpha value is -2.89. The van der Waals surface area contributed by atoms with Crippen LogP contribution in [-0.4, -0.2) is 25.2 Å². The molecule has 0 bridgehead atoms. The maximum absolute atomic E-state index is 5.40. The first-order valence-electron chi connectivity index (χ1n) is 9.21. The number of hydrogen-bond acceptors (Lipinski definition) is 4. The summed E-state index contributed by atoms with van der Waals surface area (Å²) in [6.07, 6.45) is 10.1. The summed E-state index contributed by atoms with van der Waals surface area (Å²) >= 11 is 0. The number of furan rings is 1. The van der Waals surface area contributed by atoms with Gasteiger partial charge in [0.1, 0.15) is 0 Å². The minimum Gasteiger partial charge on any atom is -0.472 e. The average molecular weight is 347 g/mol. The summed E-state index contributed by atoms with van der Waals surface area (Å²) in [5.74, 6) is 1.23. The average Bonchev–Trinajstić information content (AvgIpc) is 3.43. The predicted molar refractivity (Wildman–Crippen MR) is 99.6 cm³/mol. The molecule has 1 aliphatic rings. The normalized spacial score (nSPS) is 15.7. The van der Waals surface area contributed by atoms with Crippen LogP contribution in [0.2, 0.25) is 0 Å². The molecule has 5 rings (SSSR count). The van der Waals surface area contributed by atoms with Crippen LogP contribution in [-0.2, 0) is 7.05 Å².